The molecule has 3 rings (SSSR count). The first-order valence-corrected chi connectivity index (χ1v) is 7.24. The van der Waals surface area contributed by atoms with Crippen molar-refractivity contribution in [3.8, 4) is 0 Å². The number of hydrogen-bond donors (Lipinski definition) is 2. The highest BCUT2D eigenvalue weighted by Crippen LogP contribution is 2.14. The maximum Gasteiger partial charge on any atom is 0.272 e. The van der Waals surface area contributed by atoms with Crippen molar-refractivity contribution in [2.75, 3.05) is 0 Å². The van der Waals surface area contributed by atoms with E-state index >= 15 is 0 Å². The molecule has 1 amide bonds. The second-order valence-corrected chi connectivity index (χ2v) is 5.14. The van der Waals surface area contributed by atoms with Gasteiger partial charge in [-0.05, 0) is 6.07 Å². The van der Waals surface area contributed by atoms with Gasteiger partial charge in [-0.2, -0.15) is 5.10 Å². The molecule has 8 nitrogen and oxygen atoms in total. The SMILES string of the molecule is O=C(NN=Cc1cccc([N+](=O)[O-])c1)c1cc(=O)[nH]c2ccccc12. The average molecular weight is 336 g/mol. The highest BCUT2D eigenvalue weighted by molar-refractivity contribution is 6.06. The molecule has 0 aliphatic carbocycles. The van der Waals surface area contributed by atoms with Gasteiger partial charge in [0.2, 0.25) is 5.56 Å². The second kappa shape index (κ2) is 6.75. The number of carbonyl (C=O) groups excluding carboxylic acids is 1. The zero-order valence-electron chi connectivity index (χ0n) is 12.8. The summed E-state index contributed by atoms with van der Waals surface area (Å²) in [7, 11) is 0. The van der Waals surface area contributed by atoms with Crippen LogP contribution in [0.15, 0.2) is 64.5 Å². The number of aromatic amines is 1. The number of H-pyrrole nitrogens is 1. The van der Waals surface area contributed by atoms with Crippen LogP contribution in [0.25, 0.3) is 10.9 Å². The number of nitro benzene ring substituents is 1. The Hall–Kier alpha value is -3.81. The van der Waals surface area contributed by atoms with Gasteiger partial charge in [0.05, 0.1) is 16.7 Å². The van der Waals surface area contributed by atoms with Crippen molar-refractivity contribution >= 4 is 28.7 Å². The number of hydrogen-bond acceptors (Lipinski definition) is 5. The Morgan fingerprint density at radius 1 is 1.16 bits per heavy atom. The monoisotopic (exact) mass is 336 g/mol. The number of para-hydroxylation sites is 1. The minimum absolute atomic E-state index is 0.0733. The third-order valence-corrected chi connectivity index (χ3v) is 3.46. The van der Waals surface area contributed by atoms with Crippen molar-refractivity contribution in [2.24, 2.45) is 5.10 Å². The van der Waals surface area contributed by atoms with Gasteiger partial charge in [0.25, 0.3) is 11.6 Å². The van der Waals surface area contributed by atoms with E-state index in [1.165, 1.54) is 30.5 Å². The number of nitrogens with zero attached hydrogens (tertiary/aromatic N) is 2. The molecule has 0 bridgehead atoms. The van der Waals surface area contributed by atoms with Gasteiger partial charge in [0, 0.05) is 34.7 Å². The number of benzene rings is 2. The summed E-state index contributed by atoms with van der Waals surface area (Å²) in [5, 5.41) is 15.1. The molecule has 0 unspecified atom stereocenters. The first-order chi connectivity index (χ1) is 12.0. The van der Waals surface area contributed by atoms with E-state index in [0.29, 0.717) is 16.5 Å². The zero-order chi connectivity index (χ0) is 17.8. The first kappa shape index (κ1) is 16.1. The first-order valence-electron chi connectivity index (χ1n) is 7.24. The number of amides is 1. The van der Waals surface area contributed by atoms with E-state index in [9.17, 15) is 19.7 Å². The molecule has 0 spiro atoms. The van der Waals surface area contributed by atoms with E-state index in [-0.39, 0.29) is 11.3 Å². The molecule has 1 heterocycles. The quantitative estimate of drug-likeness (QED) is 0.431. The van der Waals surface area contributed by atoms with Crippen LogP contribution < -0.4 is 11.0 Å². The molecule has 0 fully saturated rings. The highest BCUT2D eigenvalue weighted by atomic mass is 16.6. The van der Waals surface area contributed by atoms with Crippen LogP contribution in [0.3, 0.4) is 0 Å². The van der Waals surface area contributed by atoms with Gasteiger partial charge >= 0.3 is 0 Å². The van der Waals surface area contributed by atoms with Crippen molar-refractivity contribution in [3.05, 3.63) is 86.2 Å². The summed E-state index contributed by atoms with van der Waals surface area (Å²) < 4.78 is 0. The fourth-order valence-electron chi connectivity index (χ4n) is 2.34. The smallest absolute Gasteiger partial charge is 0.272 e. The van der Waals surface area contributed by atoms with Gasteiger partial charge < -0.3 is 4.98 Å². The molecule has 1 aromatic heterocycles. The predicted molar refractivity (Wildman–Crippen MR) is 92.7 cm³/mol. The van der Waals surface area contributed by atoms with Crippen LogP contribution >= 0.6 is 0 Å². The Bertz CT molecular complexity index is 1060. The lowest BCUT2D eigenvalue weighted by molar-refractivity contribution is -0.384. The van der Waals surface area contributed by atoms with Gasteiger partial charge in [0.1, 0.15) is 0 Å². The molecule has 0 radical (unpaired) electrons. The molecule has 0 aliphatic rings. The molecule has 2 N–H and O–H groups in total. The lowest BCUT2D eigenvalue weighted by atomic mass is 10.1. The maximum absolute atomic E-state index is 12.3. The molecule has 8 heteroatoms. The van der Waals surface area contributed by atoms with E-state index < -0.39 is 16.4 Å². The summed E-state index contributed by atoms with van der Waals surface area (Å²) in [6.07, 6.45) is 1.29. The van der Waals surface area contributed by atoms with Crippen LogP contribution in [0, 0.1) is 10.1 Å². The molecule has 0 aliphatic heterocycles. The van der Waals surface area contributed by atoms with E-state index in [4.69, 9.17) is 0 Å². The number of non-ortho nitro benzene ring substituents is 1. The Kier molecular flexibility index (Phi) is 4.34. The summed E-state index contributed by atoms with van der Waals surface area (Å²) in [6, 6.07) is 13.9. The Labute approximate surface area is 141 Å². The van der Waals surface area contributed by atoms with E-state index in [1.54, 1.807) is 30.3 Å². The number of rotatable bonds is 4. The fourth-order valence-corrected chi connectivity index (χ4v) is 2.34. The van der Waals surface area contributed by atoms with Gasteiger partial charge in [-0.15, -0.1) is 0 Å². The third-order valence-electron chi connectivity index (χ3n) is 3.46. The van der Waals surface area contributed by atoms with Gasteiger partial charge in [-0.1, -0.05) is 30.3 Å². The fraction of sp³-hybridized carbons (Fsp3) is 0. The number of nitro groups is 1. The van der Waals surface area contributed by atoms with E-state index in [0.717, 1.165) is 0 Å². The lowest BCUT2D eigenvalue weighted by Crippen LogP contribution is -2.20. The van der Waals surface area contributed by atoms with Crippen molar-refractivity contribution in [3.63, 3.8) is 0 Å². The molecule has 124 valence electrons. The summed E-state index contributed by atoms with van der Waals surface area (Å²) in [6.45, 7) is 0. The number of fused-ring (bicyclic) bond motifs is 1. The van der Waals surface area contributed by atoms with Gasteiger partial charge in [0.15, 0.2) is 0 Å². The topological polar surface area (TPSA) is 117 Å². The molecular formula is C17H12N4O4. The van der Waals surface area contributed by atoms with Crippen molar-refractivity contribution in [1.82, 2.24) is 10.4 Å². The van der Waals surface area contributed by atoms with Crippen LogP contribution in [-0.4, -0.2) is 22.0 Å². The van der Waals surface area contributed by atoms with E-state index in [2.05, 4.69) is 15.5 Å². The van der Waals surface area contributed by atoms with Crippen LogP contribution in [0.5, 0.6) is 0 Å². The third kappa shape index (κ3) is 3.58. The van der Waals surface area contributed by atoms with Crippen LogP contribution in [0.1, 0.15) is 15.9 Å². The number of nitrogens with one attached hydrogen (secondary N) is 2. The van der Waals surface area contributed by atoms with Crippen molar-refractivity contribution in [2.45, 2.75) is 0 Å². The van der Waals surface area contributed by atoms with Crippen LogP contribution in [0.4, 0.5) is 5.69 Å². The lowest BCUT2D eigenvalue weighted by Gasteiger charge is -2.04. The van der Waals surface area contributed by atoms with Crippen LogP contribution in [0.2, 0.25) is 0 Å². The number of pyridine rings is 1. The van der Waals surface area contributed by atoms with Gasteiger partial charge in [-0.25, -0.2) is 5.43 Å². The zero-order valence-corrected chi connectivity index (χ0v) is 12.8. The summed E-state index contributed by atoms with van der Waals surface area (Å²) in [5.74, 6) is -0.552. The molecule has 0 saturated carbocycles. The molecule has 0 saturated heterocycles. The average Bonchev–Trinajstić information content (AvgIpc) is 2.61. The number of hydrazone groups is 1. The van der Waals surface area contributed by atoms with Crippen molar-refractivity contribution in [1.29, 1.82) is 0 Å². The Balaban J connectivity index is 1.83. The molecule has 0 atom stereocenters. The van der Waals surface area contributed by atoms with Crippen molar-refractivity contribution < 1.29 is 9.72 Å². The predicted octanol–water partition coefficient (Wildman–Crippen LogP) is 2.20. The molecular weight excluding hydrogens is 324 g/mol. The minimum Gasteiger partial charge on any atom is -0.322 e. The standard InChI is InChI=1S/C17H12N4O4/c22-16-9-14(13-6-1-2-7-15(13)19-16)17(23)20-18-10-11-4-3-5-12(8-11)21(24)25/h1-10H,(H,19,22)(H,20,23). The molecule has 2 aromatic carbocycles. The summed E-state index contributed by atoms with van der Waals surface area (Å²) in [5.41, 5.74) is 3.05. The number of carbonyl (C=O) groups is 1. The Morgan fingerprint density at radius 3 is 2.76 bits per heavy atom. The normalized spacial score (nSPS) is 10.9. The molecule has 25 heavy (non-hydrogen) atoms. The number of aromatic nitrogens is 1. The summed E-state index contributed by atoms with van der Waals surface area (Å²) in [4.78, 5) is 36.8. The maximum atomic E-state index is 12.3. The molecule has 3 aromatic rings. The highest BCUT2D eigenvalue weighted by Gasteiger charge is 2.11. The summed E-state index contributed by atoms with van der Waals surface area (Å²) >= 11 is 0. The van der Waals surface area contributed by atoms with Crippen LogP contribution in [-0.2, 0) is 0 Å². The largest absolute Gasteiger partial charge is 0.322 e. The minimum atomic E-state index is -0.552. The second-order valence-electron chi connectivity index (χ2n) is 5.14. The Morgan fingerprint density at radius 2 is 1.96 bits per heavy atom. The van der Waals surface area contributed by atoms with Gasteiger partial charge in [-0.3, -0.25) is 19.7 Å². The van der Waals surface area contributed by atoms with E-state index in [1.807, 2.05) is 0 Å².